The van der Waals surface area contributed by atoms with Crippen molar-refractivity contribution in [3.05, 3.63) is 48.5 Å². The van der Waals surface area contributed by atoms with Crippen LogP contribution >= 0.6 is 0 Å². The van der Waals surface area contributed by atoms with Gasteiger partial charge >= 0.3 is 0 Å². The molecule has 8 heteroatoms. The highest BCUT2D eigenvalue weighted by molar-refractivity contribution is 5.73. The quantitative estimate of drug-likeness (QED) is 0.619. The number of benzene rings is 1. The van der Waals surface area contributed by atoms with Crippen LogP contribution in [0.3, 0.4) is 0 Å². The van der Waals surface area contributed by atoms with Gasteiger partial charge < -0.3 is 5.32 Å². The third kappa shape index (κ3) is 2.06. The van der Waals surface area contributed by atoms with Gasteiger partial charge in [-0.3, -0.25) is 4.57 Å². The standard InChI is InChI=1S/C14H11N7O/c1-9-15-7-8-21(9)14-13(16-10-5-3-2-4-6-10)17-11-12(18-14)20-22-19-11/h2-8H,1H3,(H,16,17,19). The van der Waals surface area contributed by atoms with Gasteiger partial charge in [0.2, 0.25) is 11.3 Å². The first-order chi connectivity index (χ1) is 10.8. The second-order valence-electron chi connectivity index (χ2n) is 4.64. The molecule has 22 heavy (non-hydrogen) atoms. The molecule has 4 rings (SSSR count). The third-order valence-corrected chi connectivity index (χ3v) is 3.19. The number of anilines is 2. The van der Waals surface area contributed by atoms with Crippen LogP contribution in [0.5, 0.6) is 0 Å². The van der Waals surface area contributed by atoms with E-state index in [1.807, 2.05) is 48.0 Å². The van der Waals surface area contributed by atoms with Crippen LogP contribution in [0.1, 0.15) is 5.82 Å². The number of rotatable bonds is 3. The maximum Gasteiger partial charge on any atom is 0.245 e. The van der Waals surface area contributed by atoms with Crippen molar-refractivity contribution < 1.29 is 4.63 Å². The average Bonchev–Trinajstić information content (AvgIpc) is 3.15. The van der Waals surface area contributed by atoms with Gasteiger partial charge in [-0.2, -0.15) is 0 Å². The van der Waals surface area contributed by atoms with Crippen molar-refractivity contribution in [2.75, 3.05) is 5.32 Å². The molecule has 8 nitrogen and oxygen atoms in total. The van der Waals surface area contributed by atoms with Gasteiger partial charge in [0, 0.05) is 18.1 Å². The topological polar surface area (TPSA) is 94.5 Å². The lowest BCUT2D eigenvalue weighted by Gasteiger charge is -2.11. The van der Waals surface area contributed by atoms with E-state index in [0.29, 0.717) is 22.9 Å². The fourth-order valence-electron chi connectivity index (χ4n) is 2.14. The molecule has 1 N–H and O–H groups in total. The van der Waals surface area contributed by atoms with Gasteiger partial charge in [0.05, 0.1) is 0 Å². The van der Waals surface area contributed by atoms with Crippen molar-refractivity contribution in [2.45, 2.75) is 6.92 Å². The third-order valence-electron chi connectivity index (χ3n) is 3.19. The molecule has 3 heterocycles. The van der Waals surface area contributed by atoms with Crippen LogP contribution in [0.2, 0.25) is 0 Å². The van der Waals surface area contributed by atoms with Crippen molar-refractivity contribution >= 4 is 22.8 Å². The molecule has 0 aliphatic rings. The van der Waals surface area contributed by atoms with Crippen LogP contribution in [0.4, 0.5) is 11.5 Å². The molecule has 4 aromatic rings. The zero-order valence-corrected chi connectivity index (χ0v) is 11.6. The van der Waals surface area contributed by atoms with E-state index in [1.165, 1.54) is 0 Å². The summed E-state index contributed by atoms with van der Waals surface area (Å²) < 4.78 is 6.52. The maximum absolute atomic E-state index is 4.70. The lowest BCUT2D eigenvalue weighted by molar-refractivity contribution is 0.314. The molecule has 0 saturated carbocycles. The minimum absolute atomic E-state index is 0.347. The molecule has 1 aromatic carbocycles. The highest BCUT2D eigenvalue weighted by Gasteiger charge is 2.15. The molecule has 3 aromatic heterocycles. The van der Waals surface area contributed by atoms with E-state index in [-0.39, 0.29) is 0 Å². The van der Waals surface area contributed by atoms with Crippen LogP contribution in [0.25, 0.3) is 17.1 Å². The number of para-hydroxylation sites is 1. The van der Waals surface area contributed by atoms with Gasteiger partial charge in [-0.25, -0.2) is 19.6 Å². The van der Waals surface area contributed by atoms with Gasteiger partial charge in [0.15, 0.2) is 11.6 Å². The zero-order chi connectivity index (χ0) is 14.9. The fourth-order valence-corrected chi connectivity index (χ4v) is 2.14. The van der Waals surface area contributed by atoms with Crippen molar-refractivity contribution in [1.29, 1.82) is 0 Å². The molecule has 0 atom stereocenters. The number of fused-ring (bicyclic) bond motifs is 1. The monoisotopic (exact) mass is 293 g/mol. The Morgan fingerprint density at radius 2 is 1.82 bits per heavy atom. The number of imidazole rings is 1. The number of hydrogen-bond acceptors (Lipinski definition) is 7. The van der Waals surface area contributed by atoms with Crippen LogP contribution in [0.15, 0.2) is 47.4 Å². The zero-order valence-electron chi connectivity index (χ0n) is 11.6. The second kappa shape index (κ2) is 4.92. The van der Waals surface area contributed by atoms with Crippen molar-refractivity contribution in [1.82, 2.24) is 29.8 Å². The minimum atomic E-state index is 0.347. The first kappa shape index (κ1) is 12.5. The molecule has 108 valence electrons. The Labute approximate surface area is 124 Å². The molecule has 0 unspecified atom stereocenters. The molecule has 0 amide bonds. The molecule has 0 aliphatic carbocycles. The summed E-state index contributed by atoms with van der Waals surface area (Å²) in [5, 5.41) is 10.7. The number of aryl methyl sites for hydroxylation is 1. The Balaban J connectivity index is 1.89. The smallest absolute Gasteiger partial charge is 0.245 e. The van der Waals surface area contributed by atoms with E-state index >= 15 is 0 Å². The van der Waals surface area contributed by atoms with E-state index in [1.54, 1.807) is 6.20 Å². The Morgan fingerprint density at radius 1 is 1.05 bits per heavy atom. The summed E-state index contributed by atoms with van der Waals surface area (Å²) >= 11 is 0. The summed E-state index contributed by atoms with van der Waals surface area (Å²) in [5.41, 5.74) is 1.59. The first-order valence-corrected chi connectivity index (χ1v) is 6.64. The molecule has 0 radical (unpaired) electrons. The maximum atomic E-state index is 4.70. The molecule has 0 fully saturated rings. The molecular weight excluding hydrogens is 282 g/mol. The van der Waals surface area contributed by atoms with Gasteiger partial charge in [0.25, 0.3) is 0 Å². The van der Waals surface area contributed by atoms with Crippen LogP contribution in [-0.4, -0.2) is 29.8 Å². The van der Waals surface area contributed by atoms with E-state index in [2.05, 4.69) is 30.6 Å². The summed E-state index contributed by atoms with van der Waals surface area (Å²) in [6, 6.07) is 9.71. The van der Waals surface area contributed by atoms with Gasteiger partial charge in [-0.05, 0) is 29.4 Å². The fraction of sp³-hybridized carbons (Fsp3) is 0.0714. The Morgan fingerprint density at radius 3 is 2.55 bits per heavy atom. The predicted molar refractivity (Wildman–Crippen MR) is 79.0 cm³/mol. The normalized spacial score (nSPS) is 11.0. The Kier molecular flexibility index (Phi) is 2.78. The van der Waals surface area contributed by atoms with Crippen LogP contribution < -0.4 is 5.32 Å². The van der Waals surface area contributed by atoms with Gasteiger partial charge in [-0.15, -0.1) is 0 Å². The minimum Gasteiger partial charge on any atom is -0.337 e. The summed E-state index contributed by atoms with van der Waals surface area (Å²) in [7, 11) is 0. The first-order valence-electron chi connectivity index (χ1n) is 6.64. The van der Waals surface area contributed by atoms with E-state index in [4.69, 9.17) is 4.63 Å². The van der Waals surface area contributed by atoms with Gasteiger partial charge in [-0.1, -0.05) is 18.2 Å². The number of hydrogen-bond donors (Lipinski definition) is 1. The SMILES string of the molecule is Cc1nccn1-c1nc2nonc2nc1Nc1ccccc1. The summed E-state index contributed by atoms with van der Waals surface area (Å²) in [6.45, 7) is 1.89. The number of aromatic nitrogens is 6. The van der Waals surface area contributed by atoms with Gasteiger partial charge in [0.1, 0.15) is 5.82 Å². The van der Waals surface area contributed by atoms with Crippen LogP contribution in [-0.2, 0) is 0 Å². The average molecular weight is 293 g/mol. The van der Waals surface area contributed by atoms with E-state index in [0.717, 1.165) is 11.5 Å². The second-order valence-corrected chi connectivity index (χ2v) is 4.64. The molecule has 0 aliphatic heterocycles. The largest absolute Gasteiger partial charge is 0.337 e. The highest BCUT2D eigenvalue weighted by atomic mass is 16.6. The summed E-state index contributed by atoms with van der Waals surface area (Å²) in [6.07, 6.45) is 3.52. The molecule has 0 saturated heterocycles. The Bertz CT molecular complexity index is 929. The summed E-state index contributed by atoms with van der Waals surface area (Å²) in [4.78, 5) is 13.1. The molecule has 0 bridgehead atoms. The number of nitrogens with zero attached hydrogens (tertiary/aromatic N) is 6. The number of nitrogens with one attached hydrogen (secondary N) is 1. The predicted octanol–water partition coefficient (Wildman–Crippen LogP) is 2.25. The lowest BCUT2D eigenvalue weighted by Crippen LogP contribution is -2.06. The highest BCUT2D eigenvalue weighted by Crippen LogP contribution is 2.23. The van der Waals surface area contributed by atoms with Crippen molar-refractivity contribution in [3.63, 3.8) is 0 Å². The van der Waals surface area contributed by atoms with Crippen molar-refractivity contribution in [3.8, 4) is 5.82 Å². The van der Waals surface area contributed by atoms with E-state index < -0.39 is 0 Å². The summed E-state index contributed by atoms with van der Waals surface area (Å²) in [5.74, 6) is 1.93. The molecule has 0 spiro atoms. The van der Waals surface area contributed by atoms with Crippen LogP contribution in [0, 0.1) is 6.92 Å². The lowest BCUT2D eigenvalue weighted by atomic mass is 10.3. The molecular formula is C14H11N7O. The van der Waals surface area contributed by atoms with E-state index in [9.17, 15) is 0 Å². The van der Waals surface area contributed by atoms with Crippen molar-refractivity contribution in [2.24, 2.45) is 0 Å². The Hall–Kier alpha value is -3.29.